The molecule has 0 saturated carbocycles. The average Bonchev–Trinajstić information content (AvgIpc) is 2.29. The van der Waals surface area contributed by atoms with Gasteiger partial charge >= 0.3 is 6.18 Å². The monoisotopic (exact) mass is 200 g/mol. The highest BCUT2D eigenvalue weighted by molar-refractivity contribution is 5.06. The Labute approximate surface area is 69.8 Å². The first-order valence-electron chi connectivity index (χ1n) is 3.26. The van der Waals surface area contributed by atoms with Crippen LogP contribution in [-0.4, -0.2) is 16.4 Å². The number of H-pyrrole nitrogens is 1. The summed E-state index contributed by atoms with van der Waals surface area (Å²) in [5.74, 6) is -3.94. The minimum Gasteiger partial charge on any atom is -0.276 e. The number of hydrogen-bond acceptors (Lipinski definition) is 1. The van der Waals surface area contributed by atoms with Gasteiger partial charge in [-0.15, -0.1) is 0 Å². The molecule has 2 nitrogen and oxygen atoms in total. The van der Waals surface area contributed by atoms with Crippen molar-refractivity contribution in [1.29, 1.82) is 0 Å². The number of nitrogens with one attached hydrogen (secondary N) is 1. The van der Waals surface area contributed by atoms with E-state index in [1.807, 2.05) is 0 Å². The highest BCUT2D eigenvalue weighted by Crippen LogP contribution is 2.37. The van der Waals surface area contributed by atoms with Crippen LogP contribution in [0.5, 0.6) is 0 Å². The van der Waals surface area contributed by atoms with E-state index < -0.39 is 24.2 Å². The molecule has 0 bridgehead atoms. The van der Waals surface area contributed by atoms with Crippen LogP contribution in [0.1, 0.15) is 12.1 Å². The van der Waals surface area contributed by atoms with E-state index in [1.165, 1.54) is 0 Å². The van der Waals surface area contributed by atoms with E-state index in [-0.39, 0.29) is 0 Å². The van der Waals surface area contributed by atoms with Crippen molar-refractivity contribution >= 4 is 0 Å². The molecule has 1 heterocycles. The Bertz CT molecular complexity index is 263. The van der Waals surface area contributed by atoms with E-state index in [1.54, 1.807) is 5.10 Å². The maximum absolute atomic E-state index is 12.7. The summed E-state index contributed by atoms with van der Waals surface area (Å²) in [6, 6.07) is 0.811. The first kappa shape index (κ1) is 9.94. The van der Waals surface area contributed by atoms with Gasteiger partial charge in [0.15, 0.2) is 0 Å². The lowest BCUT2D eigenvalue weighted by molar-refractivity contribution is -0.192. The van der Waals surface area contributed by atoms with Crippen LogP contribution in [-0.2, 0) is 5.92 Å². The van der Waals surface area contributed by atoms with E-state index in [4.69, 9.17) is 0 Å². The predicted octanol–water partition coefficient (Wildman–Crippen LogP) is 2.45. The zero-order valence-electron chi connectivity index (χ0n) is 6.20. The molecular formula is C6H5F5N2. The van der Waals surface area contributed by atoms with Crippen molar-refractivity contribution in [2.45, 2.75) is 18.5 Å². The smallest absolute Gasteiger partial charge is 0.276 e. The van der Waals surface area contributed by atoms with Crippen LogP contribution in [0, 0.1) is 0 Å². The van der Waals surface area contributed by atoms with Crippen LogP contribution in [0.4, 0.5) is 22.0 Å². The fraction of sp³-hybridized carbons (Fsp3) is 0.500. The molecular weight excluding hydrogens is 195 g/mol. The molecule has 0 saturated heterocycles. The summed E-state index contributed by atoms with van der Waals surface area (Å²) in [5.41, 5.74) is -0.829. The van der Waals surface area contributed by atoms with Crippen molar-refractivity contribution in [2.24, 2.45) is 0 Å². The van der Waals surface area contributed by atoms with Crippen LogP contribution in [0.2, 0.25) is 0 Å². The SMILES string of the molecule is FC(F)(F)CC(F)(F)c1ccn[nH]1. The van der Waals surface area contributed by atoms with Gasteiger partial charge in [0.25, 0.3) is 5.92 Å². The van der Waals surface area contributed by atoms with Crippen LogP contribution >= 0.6 is 0 Å². The second-order valence-electron chi connectivity index (χ2n) is 2.47. The lowest BCUT2D eigenvalue weighted by Crippen LogP contribution is -2.24. The zero-order chi connectivity index (χ0) is 10.1. The Morgan fingerprint density at radius 3 is 2.23 bits per heavy atom. The Hall–Kier alpha value is -1.14. The van der Waals surface area contributed by atoms with E-state index in [0.29, 0.717) is 0 Å². The Kier molecular flexibility index (Phi) is 2.27. The van der Waals surface area contributed by atoms with Gasteiger partial charge in [0.2, 0.25) is 0 Å². The number of hydrogen-bond donors (Lipinski definition) is 1. The molecule has 0 amide bonds. The third kappa shape index (κ3) is 2.67. The van der Waals surface area contributed by atoms with Gasteiger partial charge in [-0.1, -0.05) is 0 Å². The Morgan fingerprint density at radius 1 is 1.23 bits per heavy atom. The van der Waals surface area contributed by atoms with Crippen LogP contribution in [0.15, 0.2) is 12.3 Å². The minimum absolute atomic E-state index is 0.811. The van der Waals surface area contributed by atoms with Crippen LogP contribution in [0.25, 0.3) is 0 Å². The van der Waals surface area contributed by atoms with E-state index in [0.717, 1.165) is 12.3 Å². The standard InChI is InChI=1S/C6H5F5N2/c7-5(8,3-6(9,10)11)4-1-2-12-13-4/h1-2H,3H2,(H,12,13). The van der Waals surface area contributed by atoms with Crippen molar-refractivity contribution in [3.8, 4) is 0 Å². The molecule has 1 rings (SSSR count). The van der Waals surface area contributed by atoms with E-state index in [2.05, 4.69) is 5.10 Å². The summed E-state index contributed by atoms with van der Waals surface area (Å²) in [4.78, 5) is 0. The lowest BCUT2D eigenvalue weighted by Gasteiger charge is -2.15. The summed E-state index contributed by atoms with van der Waals surface area (Å²) in [6.07, 6.45) is -6.10. The largest absolute Gasteiger partial charge is 0.395 e. The highest BCUT2D eigenvalue weighted by atomic mass is 19.4. The van der Waals surface area contributed by atoms with Crippen molar-refractivity contribution < 1.29 is 22.0 Å². The molecule has 1 aromatic rings. The summed E-state index contributed by atoms with van der Waals surface area (Å²) < 4.78 is 60.3. The van der Waals surface area contributed by atoms with Crippen molar-refractivity contribution in [2.75, 3.05) is 0 Å². The normalized spacial score (nSPS) is 13.3. The third-order valence-corrected chi connectivity index (χ3v) is 1.32. The quantitative estimate of drug-likeness (QED) is 0.730. The maximum atomic E-state index is 12.7. The van der Waals surface area contributed by atoms with Gasteiger partial charge in [-0.25, -0.2) is 0 Å². The molecule has 0 aliphatic heterocycles. The number of halogens is 5. The molecule has 0 spiro atoms. The first-order valence-corrected chi connectivity index (χ1v) is 3.26. The van der Waals surface area contributed by atoms with Gasteiger partial charge in [-0.2, -0.15) is 27.1 Å². The van der Waals surface area contributed by atoms with Gasteiger partial charge in [0, 0.05) is 6.20 Å². The van der Waals surface area contributed by atoms with Crippen LogP contribution < -0.4 is 0 Å². The summed E-state index contributed by atoms with van der Waals surface area (Å²) >= 11 is 0. The second kappa shape index (κ2) is 2.97. The highest BCUT2D eigenvalue weighted by Gasteiger charge is 2.45. The number of alkyl halides is 5. The number of nitrogens with zero attached hydrogens (tertiary/aromatic N) is 1. The minimum atomic E-state index is -4.89. The molecule has 13 heavy (non-hydrogen) atoms. The molecule has 0 aliphatic carbocycles. The number of rotatable bonds is 2. The molecule has 0 aromatic carbocycles. The average molecular weight is 200 g/mol. The summed E-state index contributed by atoms with van der Waals surface area (Å²) in [7, 11) is 0. The van der Waals surface area contributed by atoms with Gasteiger partial charge in [-0.05, 0) is 6.07 Å². The van der Waals surface area contributed by atoms with Crippen molar-refractivity contribution in [3.05, 3.63) is 18.0 Å². The van der Waals surface area contributed by atoms with Gasteiger partial charge in [-0.3, -0.25) is 5.10 Å². The molecule has 0 atom stereocenters. The predicted molar refractivity (Wildman–Crippen MR) is 33.2 cm³/mol. The Balaban J connectivity index is 2.78. The maximum Gasteiger partial charge on any atom is 0.395 e. The molecule has 1 N–H and O–H groups in total. The molecule has 0 fully saturated rings. The molecule has 1 aromatic heterocycles. The van der Waals surface area contributed by atoms with Crippen LogP contribution in [0.3, 0.4) is 0 Å². The Morgan fingerprint density at radius 2 is 1.85 bits per heavy atom. The van der Waals surface area contributed by atoms with Gasteiger partial charge < -0.3 is 0 Å². The van der Waals surface area contributed by atoms with Gasteiger partial charge in [0.05, 0.1) is 0 Å². The molecule has 7 heteroatoms. The summed E-state index contributed by atoms with van der Waals surface area (Å²) in [5, 5.41) is 4.95. The van der Waals surface area contributed by atoms with Gasteiger partial charge in [0.1, 0.15) is 12.1 Å². The molecule has 0 unspecified atom stereocenters. The lowest BCUT2D eigenvalue weighted by atomic mass is 10.2. The second-order valence-corrected chi connectivity index (χ2v) is 2.47. The first-order chi connectivity index (χ1) is 5.81. The summed E-state index contributed by atoms with van der Waals surface area (Å²) in [6.45, 7) is 0. The topological polar surface area (TPSA) is 28.7 Å². The zero-order valence-corrected chi connectivity index (χ0v) is 6.20. The number of aromatic nitrogens is 2. The van der Waals surface area contributed by atoms with E-state index in [9.17, 15) is 22.0 Å². The fourth-order valence-electron chi connectivity index (χ4n) is 0.807. The third-order valence-electron chi connectivity index (χ3n) is 1.32. The molecule has 0 radical (unpaired) electrons. The fourth-order valence-corrected chi connectivity index (χ4v) is 0.807. The molecule has 0 aliphatic rings. The van der Waals surface area contributed by atoms with Crippen molar-refractivity contribution in [3.63, 3.8) is 0 Å². The molecule has 74 valence electrons. The van der Waals surface area contributed by atoms with E-state index >= 15 is 0 Å². The number of aromatic amines is 1. The van der Waals surface area contributed by atoms with Crippen molar-refractivity contribution in [1.82, 2.24) is 10.2 Å².